The molecule has 10 nitrogen and oxygen atoms in total. The van der Waals surface area contributed by atoms with Crippen LogP contribution in [0.15, 0.2) is 50.6 Å². The van der Waals surface area contributed by atoms with E-state index in [2.05, 4.69) is 30.4 Å². The van der Waals surface area contributed by atoms with Crippen molar-refractivity contribution in [3.8, 4) is 10.7 Å². The summed E-state index contributed by atoms with van der Waals surface area (Å²) in [6, 6.07) is 10.1. The lowest BCUT2D eigenvalue weighted by molar-refractivity contribution is 0.102. The van der Waals surface area contributed by atoms with Crippen molar-refractivity contribution in [1.29, 1.82) is 0 Å². The van der Waals surface area contributed by atoms with E-state index in [1.165, 1.54) is 17.4 Å². The highest BCUT2D eigenvalue weighted by Gasteiger charge is 2.22. The van der Waals surface area contributed by atoms with Gasteiger partial charge in [0, 0.05) is 0 Å². The minimum absolute atomic E-state index is 0.0121. The second-order valence-corrected chi connectivity index (χ2v) is 9.89. The van der Waals surface area contributed by atoms with Crippen molar-refractivity contribution in [2.24, 2.45) is 0 Å². The zero-order valence-corrected chi connectivity index (χ0v) is 18.0. The van der Waals surface area contributed by atoms with Crippen LogP contribution in [0.5, 0.6) is 0 Å². The highest BCUT2D eigenvalue weighted by atomic mass is 35.5. The maximum atomic E-state index is 12.4. The van der Waals surface area contributed by atoms with E-state index in [4.69, 9.17) is 16.1 Å². The molecule has 0 radical (unpaired) electrons. The molecule has 14 heteroatoms. The van der Waals surface area contributed by atoms with Gasteiger partial charge in [-0.05, 0) is 23.6 Å². The zero-order chi connectivity index (χ0) is 21.1. The summed E-state index contributed by atoms with van der Waals surface area (Å²) < 4.78 is 31.9. The van der Waals surface area contributed by atoms with Gasteiger partial charge in [-0.2, -0.15) is 9.71 Å². The van der Waals surface area contributed by atoms with Crippen LogP contribution in [0.4, 0.5) is 5.13 Å². The quantitative estimate of drug-likeness (QED) is 0.383. The Hall–Kier alpha value is -2.71. The number of hydrogen-bond donors (Lipinski definition) is 2. The van der Waals surface area contributed by atoms with Crippen molar-refractivity contribution in [2.75, 3.05) is 5.32 Å². The molecular weight excluding hydrogens is 472 g/mol. The van der Waals surface area contributed by atoms with Crippen LogP contribution in [-0.2, 0) is 16.6 Å². The van der Waals surface area contributed by atoms with Crippen LogP contribution in [0.3, 0.4) is 0 Å². The number of aromatic nitrogens is 4. The Morgan fingerprint density at radius 2 is 2.00 bits per heavy atom. The minimum Gasteiger partial charge on any atom is -0.337 e. The number of benzene rings is 1. The molecule has 0 unspecified atom stereocenters. The third-order valence-corrected chi connectivity index (χ3v) is 7.40. The third-order valence-electron chi connectivity index (χ3n) is 3.60. The fourth-order valence-corrected chi connectivity index (χ4v) is 5.01. The lowest BCUT2D eigenvalue weighted by Crippen LogP contribution is -2.23. The number of nitrogens with one attached hydrogen (secondary N) is 2. The molecule has 0 aliphatic heterocycles. The zero-order valence-electron chi connectivity index (χ0n) is 14.8. The van der Waals surface area contributed by atoms with Crippen molar-refractivity contribution in [2.45, 2.75) is 10.9 Å². The molecule has 0 atom stereocenters. The summed E-state index contributed by atoms with van der Waals surface area (Å²) >= 11 is 8.11. The van der Waals surface area contributed by atoms with Crippen LogP contribution in [0.2, 0.25) is 5.02 Å². The van der Waals surface area contributed by atoms with Crippen LogP contribution >= 0.6 is 34.3 Å². The number of hydrogen-bond acceptors (Lipinski definition) is 10. The van der Waals surface area contributed by atoms with E-state index >= 15 is 0 Å². The van der Waals surface area contributed by atoms with E-state index < -0.39 is 15.9 Å². The average molecular weight is 483 g/mol. The Kier molecular flexibility index (Phi) is 5.87. The molecule has 30 heavy (non-hydrogen) atoms. The van der Waals surface area contributed by atoms with Crippen molar-refractivity contribution in [1.82, 2.24) is 25.1 Å². The van der Waals surface area contributed by atoms with Gasteiger partial charge in [0.25, 0.3) is 15.9 Å². The molecule has 1 aromatic carbocycles. The first kappa shape index (κ1) is 20.6. The highest BCUT2D eigenvalue weighted by molar-refractivity contribution is 7.91. The highest BCUT2D eigenvalue weighted by Crippen LogP contribution is 2.23. The molecule has 0 saturated carbocycles. The minimum atomic E-state index is -4.00. The fourth-order valence-electron chi connectivity index (χ4n) is 2.23. The number of thiophene rings is 1. The van der Waals surface area contributed by atoms with E-state index in [1.54, 1.807) is 18.2 Å². The third kappa shape index (κ3) is 4.55. The monoisotopic (exact) mass is 482 g/mol. The van der Waals surface area contributed by atoms with Crippen molar-refractivity contribution in [3.63, 3.8) is 0 Å². The number of sulfonamides is 1. The van der Waals surface area contributed by atoms with Gasteiger partial charge >= 0.3 is 0 Å². The molecule has 2 N–H and O–H groups in total. The molecule has 0 aliphatic carbocycles. The molecule has 4 rings (SSSR count). The van der Waals surface area contributed by atoms with Gasteiger partial charge in [0.15, 0.2) is 0 Å². The van der Waals surface area contributed by atoms with E-state index in [9.17, 15) is 13.2 Å². The van der Waals surface area contributed by atoms with Gasteiger partial charge in [-0.25, -0.2) is 8.42 Å². The summed E-state index contributed by atoms with van der Waals surface area (Å²) in [6.45, 7) is -0.221. The number of nitrogens with zero attached hydrogens (tertiary/aromatic N) is 4. The first-order chi connectivity index (χ1) is 14.4. The predicted octanol–water partition coefficient (Wildman–Crippen LogP) is 3.03. The standard InChI is InChI=1S/C16H11ClN6O4S3/c17-10-5-2-1-4-9(10)14(24)20-15-21-22-16(29-15)30(25,26)18-8-12-19-13(23-27-12)11-6-3-7-28-11/h1-7,18H,8H2,(H,20,21,24). The average Bonchev–Trinajstić information content (AvgIpc) is 3.47. The van der Waals surface area contributed by atoms with E-state index in [0.29, 0.717) is 17.2 Å². The van der Waals surface area contributed by atoms with Gasteiger partial charge in [-0.15, -0.1) is 21.5 Å². The molecule has 154 valence electrons. The Morgan fingerprint density at radius 1 is 1.17 bits per heavy atom. The number of carbonyl (C=O) groups excluding carboxylic acids is 1. The topological polar surface area (TPSA) is 140 Å². The molecule has 0 bridgehead atoms. The molecule has 3 aromatic heterocycles. The lowest BCUT2D eigenvalue weighted by atomic mass is 10.2. The molecule has 0 spiro atoms. The summed E-state index contributed by atoms with van der Waals surface area (Å²) in [5.74, 6) is -0.0564. The van der Waals surface area contributed by atoms with Crippen molar-refractivity contribution in [3.05, 3.63) is 58.3 Å². The maximum absolute atomic E-state index is 12.4. The van der Waals surface area contributed by atoms with Crippen LogP contribution in [0, 0.1) is 0 Å². The molecule has 3 heterocycles. The number of halogens is 1. The normalized spacial score (nSPS) is 11.5. The lowest BCUT2D eigenvalue weighted by Gasteiger charge is -2.02. The van der Waals surface area contributed by atoms with Gasteiger partial charge in [0.05, 0.1) is 22.0 Å². The Balaban J connectivity index is 1.41. The SMILES string of the molecule is O=C(Nc1nnc(S(=O)(=O)NCc2nc(-c3cccs3)no2)s1)c1ccccc1Cl. The summed E-state index contributed by atoms with van der Waals surface area (Å²) in [5, 5.41) is 15.7. The first-order valence-corrected chi connectivity index (χ1v) is 11.7. The summed E-state index contributed by atoms with van der Waals surface area (Å²) in [6.07, 6.45) is 0. The van der Waals surface area contributed by atoms with Gasteiger partial charge in [0.1, 0.15) is 0 Å². The fraction of sp³-hybridized carbons (Fsp3) is 0.0625. The van der Waals surface area contributed by atoms with Gasteiger partial charge < -0.3 is 4.52 Å². The molecular formula is C16H11ClN6O4S3. The van der Waals surface area contributed by atoms with E-state index in [0.717, 1.165) is 4.88 Å². The number of rotatable bonds is 7. The van der Waals surface area contributed by atoms with E-state index in [-0.39, 0.29) is 32.5 Å². The number of carbonyl (C=O) groups is 1. The summed E-state index contributed by atoms with van der Waals surface area (Å²) in [5.41, 5.74) is 0.231. The molecule has 4 aromatic rings. The van der Waals surface area contributed by atoms with Gasteiger partial charge in [-0.3, -0.25) is 10.1 Å². The first-order valence-electron chi connectivity index (χ1n) is 8.18. The molecule has 0 saturated heterocycles. The van der Waals surface area contributed by atoms with Gasteiger partial charge in [-0.1, -0.05) is 46.3 Å². The van der Waals surface area contributed by atoms with Crippen LogP contribution in [-0.4, -0.2) is 34.7 Å². The Bertz CT molecular complexity index is 1290. The second-order valence-electron chi connectivity index (χ2n) is 5.62. The van der Waals surface area contributed by atoms with Crippen LogP contribution < -0.4 is 10.0 Å². The van der Waals surface area contributed by atoms with Gasteiger partial charge in [0.2, 0.25) is 21.2 Å². The smallest absolute Gasteiger partial charge is 0.270 e. The van der Waals surface area contributed by atoms with Crippen molar-refractivity contribution < 1.29 is 17.7 Å². The number of amides is 1. The van der Waals surface area contributed by atoms with Crippen molar-refractivity contribution >= 4 is 55.3 Å². The Morgan fingerprint density at radius 3 is 2.77 bits per heavy atom. The maximum Gasteiger partial charge on any atom is 0.270 e. The van der Waals surface area contributed by atoms with Crippen LogP contribution in [0.1, 0.15) is 16.2 Å². The Labute approximate surface area is 183 Å². The number of anilines is 1. The summed E-state index contributed by atoms with van der Waals surface area (Å²) in [4.78, 5) is 17.2. The predicted molar refractivity (Wildman–Crippen MR) is 111 cm³/mol. The summed E-state index contributed by atoms with van der Waals surface area (Å²) in [7, 11) is -4.00. The molecule has 0 aliphatic rings. The van der Waals surface area contributed by atoms with Crippen LogP contribution in [0.25, 0.3) is 10.7 Å². The second kappa shape index (κ2) is 8.57. The van der Waals surface area contributed by atoms with E-state index in [1.807, 2.05) is 17.5 Å². The largest absolute Gasteiger partial charge is 0.337 e. The molecule has 1 amide bonds. The molecule has 0 fully saturated rings.